The molecule has 20 heavy (non-hydrogen) atoms. The Labute approximate surface area is 119 Å². The average molecular weight is 268 g/mol. The van der Waals surface area contributed by atoms with Crippen LogP contribution in [0.15, 0.2) is 35.9 Å². The number of allylic oxidation sites excluding steroid dienone is 1. The molecule has 0 spiro atoms. The maximum absolute atomic E-state index is 11.7. The van der Waals surface area contributed by atoms with Crippen molar-refractivity contribution in [2.75, 3.05) is 11.9 Å². The number of piperidine rings is 1. The van der Waals surface area contributed by atoms with Crippen molar-refractivity contribution in [2.24, 2.45) is 11.8 Å². The quantitative estimate of drug-likeness (QED) is 0.606. The molecule has 1 saturated heterocycles. The minimum atomic E-state index is 0.0944. The third kappa shape index (κ3) is 1.53. The van der Waals surface area contributed by atoms with Gasteiger partial charge in [0.25, 0.3) is 0 Å². The van der Waals surface area contributed by atoms with Gasteiger partial charge in [-0.1, -0.05) is 29.8 Å². The molecule has 4 rings (SSSR count). The number of nitrogens with one attached hydrogen (secondary N) is 2. The molecule has 1 aliphatic carbocycles. The largest absolute Gasteiger partial charge is 0.381 e. The summed E-state index contributed by atoms with van der Waals surface area (Å²) in [6.07, 6.45) is 4.46. The molecule has 1 aromatic carbocycles. The van der Waals surface area contributed by atoms with Crippen LogP contribution in [0.3, 0.4) is 0 Å². The van der Waals surface area contributed by atoms with Crippen LogP contribution in [-0.4, -0.2) is 24.9 Å². The summed E-state index contributed by atoms with van der Waals surface area (Å²) >= 11 is 0. The molecular formula is C17H20N2O. The summed E-state index contributed by atoms with van der Waals surface area (Å²) in [6.45, 7) is 3.02. The molecule has 2 N–H and O–H groups in total. The Morgan fingerprint density at radius 1 is 1.30 bits per heavy atom. The molecule has 3 heteroatoms. The number of benzene rings is 1. The summed E-state index contributed by atoms with van der Waals surface area (Å²) < 4.78 is 0. The first-order valence-electron chi connectivity index (χ1n) is 7.52. The van der Waals surface area contributed by atoms with E-state index in [1.165, 1.54) is 23.1 Å². The third-order valence-corrected chi connectivity index (χ3v) is 5.42. The zero-order valence-corrected chi connectivity index (χ0v) is 11.7. The van der Waals surface area contributed by atoms with Crippen molar-refractivity contribution < 1.29 is 4.79 Å². The Bertz CT molecular complexity index is 580. The second-order valence-corrected chi connectivity index (χ2v) is 6.19. The van der Waals surface area contributed by atoms with Gasteiger partial charge in [0, 0.05) is 36.2 Å². The van der Waals surface area contributed by atoms with Crippen molar-refractivity contribution >= 4 is 12.0 Å². The molecule has 2 aliphatic heterocycles. The molecule has 2 fully saturated rings. The third-order valence-electron chi connectivity index (χ3n) is 5.42. The van der Waals surface area contributed by atoms with Crippen LogP contribution in [0.25, 0.3) is 0 Å². The van der Waals surface area contributed by atoms with E-state index >= 15 is 0 Å². The topological polar surface area (TPSA) is 41.1 Å². The van der Waals surface area contributed by atoms with E-state index in [-0.39, 0.29) is 12.0 Å². The molecule has 2 bridgehead atoms. The van der Waals surface area contributed by atoms with Gasteiger partial charge < -0.3 is 15.4 Å². The van der Waals surface area contributed by atoms with Crippen LogP contribution >= 0.6 is 0 Å². The highest BCUT2D eigenvalue weighted by Gasteiger charge is 2.51. The predicted octanol–water partition coefficient (Wildman–Crippen LogP) is 2.32. The molecule has 3 aliphatic rings. The number of fused-ring (bicyclic) bond motifs is 6. The van der Waals surface area contributed by atoms with E-state index in [0.29, 0.717) is 17.9 Å². The number of carbonyl (C=O) groups excluding carboxylic acids is 1. The lowest BCUT2D eigenvalue weighted by Crippen LogP contribution is -2.56. The Hall–Kier alpha value is -1.61. The summed E-state index contributed by atoms with van der Waals surface area (Å²) in [6, 6.07) is 9.25. The van der Waals surface area contributed by atoms with Gasteiger partial charge in [0.2, 0.25) is 0 Å². The van der Waals surface area contributed by atoms with Crippen molar-refractivity contribution in [2.45, 2.75) is 31.3 Å². The van der Waals surface area contributed by atoms with Gasteiger partial charge in [0.05, 0.1) is 0 Å². The number of aldehydes is 1. The summed E-state index contributed by atoms with van der Waals surface area (Å²) in [4.78, 5) is 11.7. The first kappa shape index (κ1) is 12.2. The molecule has 104 valence electrons. The number of anilines is 1. The maximum atomic E-state index is 11.7. The van der Waals surface area contributed by atoms with Crippen molar-refractivity contribution in [1.29, 1.82) is 0 Å². The summed E-state index contributed by atoms with van der Waals surface area (Å²) in [5, 5.41) is 7.30. The Morgan fingerprint density at radius 3 is 2.95 bits per heavy atom. The molecule has 0 unspecified atom stereocenters. The summed E-state index contributed by atoms with van der Waals surface area (Å²) in [5.41, 5.74) is 3.99. The predicted molar refractivity (Wildman–Crippen MR) is 79.8 cm³/mol. The Kier molecular flexibility index (Phi) is 2.71. The molecule has 1 aromatic rings. The second-order valence-electron chi connectivity index (χ2n) is 6.19. The second kappa shape index (κ2) is 4.45. The van der Waals surface area contributed by atoms with Crippen molar-refractivity contribution in [1.82, 2.24) is 5.32 Å². The molecule has 5 atom stereocenters. The molecular weight excluding hydrogens is 248 g/mol. The number of carbonyl (C=O) groups is 1. The molecule has 2 heterocycles. The number of hydrogen-bond donors (Lipinski definition) is 2. The van der Waals surface area contributed by atoms with Gasteiger partial charge in [0.1, 0.15) is 6.29 Å². The monoisotopic (exact) mass is 268 g/mol. The van der Waals surface area contributed by atoms with Crippen molar-refractivity contribution in [3.63, 3.8) is 0 Å². The molecule has 0 amide bonds. The van der Waals surface area contributed by atoms with Crippen LogP contribution in [-0.2, 0) is 4.79 Å². The van der Waals surface area contributed by atoms with Crippen LogP contribution in [0, 0.1) is 11.8 Å². The highest BCUT2D eigenvalue weighted by Crippen LogP contribution is 2.50. The van der Waals surface area contributed by atoms with E-state index < -0.39 is 0 Å². The van der Waals surface area contributed by atoms with Gasteiger partial charge in [-0.25, -0.2) is 0 Å². The minimum Gasteiger partial charge on any atom is -0.381 e. The highest BCUT2D eigenvalue weighted by molar-refractivity contribution is 5.67. The lowest BCUT2D eigenvalue weighted by molar-refractivity contribution is -0.114. The van der Waals surface area contributed by atoms with Gasteiger partial charge in [-0.3, -0.25) is 0 Å². The van der Waals surface area contributed by atoms with Gasteiger partial charge in [-0.15, -0.1) is 0 Å². The minimum absolute atomic E-state index is 0.0944. The van der Waals surface area contributed by atoms with Crippen LogP contribution < -0.4 is 10.6 Å². The fourth-order valence-corrected chi connectivity index (χ4v) is 4.50. The van der Waals surface area contributed by atoms with E-state index in [9.17, 15) is 4.79 Å². The van der Waals surface area contributed by atoms with E-state index in [1.807, 2.05) is 0 Å². The highest BCUT2D eigenvalue weighted by atomic mass is 16.1. The number of para-hydroxylation sites is 1. The number of rotatable bonds is 1. The van der Waals surface area contributed by atoms with Crippen molar-refractivity contribution in [3.05, 3.63) is 41.5 Å². The van der Waals surface area contributed by atoms with Crippen molar-refractivity contribution in [3.8, 4) is 0 Å². The molecule has 0 radical (unpaired) electrons. The van der Waals surface area contributed by atoms with E-state index in [0.717, 1.165) is 13.0 Å². The number of hydrogen-bond acceptors (Lipinski definition) is 3. The van der Waals surface area contributed by atoms with Crippen LogP contribution in [0.5, 0.6) is 0 Å². The molecule has 1 saturated carbocycles. The van der Waals surface area contributed by atoms with Crippen LogP contribution in [0.4, 0.5) is 5.69 Å². The van der Waals surface area contributed by atoms with Gasteiger partial charge in [-0.05, 0) is 30.9 Å². The summed E-state index contributed by atoms with van der Waals surface area (Å²) in [5.74, 6) is 0.930. The standard InChI is InChI=1S/C17H20N2O/c1-2-10-8-18-15-7-12(10)13(9-20)17-16(15)11-5-3-4-6-14(11)19-17/h2-6,9,12-13,15-19H,7-8H2,1H3/t12-,13+,15-,16-,17-/m0/s1. The fraction of sp³-hybridized carbons (Fsp3) is 0.471. The summed E-state index contributed by atoms with van der Waals surface area (Å²) in [7, 11) is 0. The SMILES string of the molecule is CC=C1CN[C@H]2C[C@@H]1[C@@H](C=O)[C@@H]1Nc3ccccc3[C@H]12. The van der Waals surface area contributed by atoms with Gasteiger partial charge in [0.15, 0.2) is 0 Å². The first-order chi connectivity index (χ1) is 9.83. The van der Waals surface area contributed by atoms with Gasteiger partial charge in [-0.2, -0.15) is 0 Å². The Morgan fingerprint density at radius 2 is 2.15 bits per heavy atom. The average Bonchev–Trinajstić information content (AvgIpc) is 2.87. The maximum Gasteiger partial charge on any atom is 0.125 e. The van der Waals surface area contributed by atoms with E-state index in [4.69, 9.17) is 0 Å². The zero-order valence-electron chi connectivity index (χ0n) is 11.7. The Balaban J connectivity index is 1.78. The van der Waals surface area contributed by atoms with Crippen LogP contribution in [0.1, 0.15) is 24.8 Å². The molecule has 0 aromatic heterocycles. The normalized spacial score (nSPS) is 39.9. The van der Waals surface area contributed by atoms with E-state index in [2.05, 4.69) is 47.9 Å². The van der Waals surface area contributed by atoms with Crippen LogP contribution in [0.2, 0.25) is 0 Å². The fourth-order valence-electron chi connectivity index (χ4n) is 4.50. The molecule has 3 nitrogen and oxygen atoms in total. The smallest absolute Gasteiger partial charge is 0.125 e. The zero-order chi connectivity index (χ0) is 13.7. The lowest BCUT2D eigenvalue weighted by Gasteiger charge is -2.47. The van der Waals surface area contributed by atoms with E-state index in [1.54, 1.807) is 0 Å². The lowest BCUT2D eigenvalue weighted by atomic mass is 9.63. The first-order valence-corrected chi connectivity index (χ1v) is 7.52. The van der Waals surface area contributed by atoms with Gasteiger partial charge >= 0.3 is 0 Å².